The Labute approximate surface area is 112 Å². The van der Waals surface area contributed by atoms with Crippen LogP contribution in [0.4, 0.5) is 0 Å². The average molecular weight is 262 g/mol. The van der Waals surface area contributed by atoms with Gasteiger partial charge >= 0.3 is 5.97 Å². The van der Waals surface area contributed by atoms with E-state index in [2.05, 4.69) is 4.98 Å². The molecule has 5 heteroatoms. The summed E-state index contributed by atoms with van der Waals surface area (Å²) in [6.45, 7) is 4.72. The van der Waals surface area contributed by atoms with Crippen LogP contribution in [0.5, 0.6) is 0 Å². The Morgan fingerprint density at radius 3 is 2.53 bits per heavy atom. The van der Waals surface area contributed by atoms with Crippen LogP contribution < -0.4 is 0 Å². The molecule has 1 saturated carbocycles. The Hall–Kier alpha value is -1.91. The van der Waals surface area contributed by atoms with Gasteiger partial charge < -0.3 is 10.0 Å². The summed E-state index contributed by atoms with van der Waals surface area (Å²) >= 11 is 0. The van der Waals surface area contributed by atoms with Crippen LogP contribution in [-0.4, -0.2) is 39.5 Å². The zero-order chi connectivity index (χ0) is 14.0. The Bertz CT molecular complexity index is 478. The second kappa shape index (κ2) is 5.38. The van der Waals surface area contributed by atoms with Gasteiger partial charge in [0.2, 0.25) is 0 Å². The fourth-order valence-electron chi connectivity index (χ4n) is 1.90. The zero-order valence-corrected chi connectivity index (χ0v) is 11.2. The Balaban J connectivity index is 2.13. The number of nitrogens with zero attached hydrogens (tertiary/aromatic N) is 2. The number of carboxylic acids is 1. The maximum absolute atomic E-state index is 12.3. The minimum atomic E-state index is -1.04. The van der Waals surface area contributed by atoms with Crippen molar-refractivity contribution >= 4 is 11.9 Å². The summed E-state index contributed by atoms with van der Waals surface area (Å²) in [7, 11) is 0. The third kappa shape index (κ3) is 3.30. The molecule has 0 aliphatic heterocycles. The lowest BCUT2D eigenvalue weighted by atomic mass is 10.2. The van der Waals surface area contributed by atoms with Crippen molar-refractivity contribution in [2.75, 3.05) is 6.54 Å². The van der Waals surface area contributed by atoms with Crippen LogP contribution in [-0.2, 0) is 0 Å². The summed E-state index contributed by atoms with van der Waals surface area (Å²) in [5, 5.41) is 8.80. The lowest BCUT2D eigenvalue weighted by molar-refractivity contribution is 0.0677. The summed E-state index contributed by atoms with van der Waals surface area (Å²) in [6.07, 6.45) is 3.59. The van der Waals surface area contributed by atoms with Gasteiger partial charge in [-0.15, -0.1) is 0 Å². The molecular formula is C14H18N2O3. The van der Waals surface area contributed by atoms with Crippen LogP contribution in [0.3, 0.4) is 0 Å². The Morgan fingerprint density at radius 2 is 2.11 bits per heavy atom. The molecule has 5 nitrogen and oxygen atoms in total. The van der Waals surface area contributed by atoms with E-state index < -0.39 is 5.97 Å². The number of hydrogen-bond donors (Lipinski definition) is 1. The summed E-state index contributed by atoms with van der Waals surface area (Å²) < 4.78 is 0. The van der Waals surface area contributed by atoms with Crippen molar-refractivity contribution < 1.29 is 14.7 Å². The van der Waals surface area contributed by atoms with Crippen LogP contribution in [0.1, 0.15) is 47.5 Å². The lowest BCUT2D eigenvalue weighted by Gasteiger charge is -2.26. The van der Waals surface area contributed by atoms with Gasteiger partial charge in [0.15, 0.2) is 0 Å². The monoisotopic (exact) mass is 262 g/mol. The maximum Gasteiger partial charge on any atom is 0.337 e. The molecule has 0 spiro atoms. The van der Waals surface area contributed by atoms with Crippen LogP contribution in [0.15, 0.2) is 18.3 Å². The van der Waals surface area contributed by atoms with Crippen molar-refractivity contribution in [2.24, 2.45) is 5.92 Å². The highest BCUT2D eigenvalue weighted by Gasteiger charge is 2.29. The normalized spacial score (nSPS) is 14.5. The van der Waals surface area contributed by atoms with Crippen molar-refractivity contribution in [2.45, 2.75) is 32.7 Å². The summed E-state index contributed by atoms with van der Waals surface area (Å²) in [5.41, 5.74) is 0.397. The standard InChI is InChI=1S/C14H18N2O3/c1-9(2)16(8-10-3-4-10)13(17)12-6-5-11(7-15-12)14(18)19/h5-7,9-10H,3-4,8H2,1-2H3,(H,18,19). The summed E-state index contributed by atoms with van der Waals surface area (Å²) in [6, 6.07) is 3.01. The molecule has 0 unspecified atom stereocenters. The van der Waals surface area contributed by atoms with Crippen molar-refractivity contribution in [3.8, 4) is 0 Å². The second-order valence-electron chi connectivity index (χ2n) is 5.23. The molecule has 102 valence electrons. The molecule has 2 rings (SSSR count). The van der Waals surface area contributed by atoms with E-state index in [1.54, 1.807) is 4.90 Å². The quantitative estimate of drug-likeness (QED) is 0.881. The van der Waals surface area contributed by atoms with Crippen molar-refractivity contribution in [1.29, 1.82) is 0 Å². The number of aromatic carboxylic acids is 1. The van der Waals surface area contributed by atoms with Crippen LogP contribution in [0.25, 0.3) is 0 Å². The third-order valence-electron chi connectivity index (χ3n) is 3.27. The molecule has 0 radical (unpaired) electrons. The zero-order valence-electron chi connectivity index (χ0n) is 11.2. The average Bonchev–Trinajstić information content (AvgIpc) is 3.19. The first-order valence-corrected chi connectivity index (χ1v) is 6.49. The smallest absolute Gasteiger partial charge is 0.337 e. The molecule has 0 atom stereocenters. The van der Waals surface area contributed by atoms with Crippen LogP contribution in [0.2, 0.25) is 0 Å². The Kier molecular flexibility index (Phi) is 3.83. The molecule has 1 N–H and O–H groups in total. The molecule has 1 aromatic heterocycles. The molecular weight excluding hydrogens is 244 g/mol. The van der Waals surface area contributed by atoms with Gasteiger partial charge in [-0.25, -0.2) is 4.79 Å². The maximum atomic E-state index is 12.3. The first kappa shape index (κ1) is 13.5. The molecule has 0 bridgehead atoms. The first-order valence-electron chi connectivity index (χ1n) is 6.49. The van der Waals surface area contributed by atoms with Crippen molar-refractivity contribution in [1.82, 2.24) is 9.88 Å². The van der Waals surface area contributed by atoms with Crippen LogP contribution >= 0.6 is 0 Å². The van der Waals surface area contributed by atoms with Gasteiger partial charge in [0, 0.05) is 18.8 Å². The molecule has 1 aromatic rings. The molecule has 19 heavy (non-hydrogen) atoms. The van der Waals surface area contributed by atoms with Crippen molar-refractivity contribution in [3.63, 3.8) is 0 Å². The van der Waals surface area contributed by atoms with E-state index in [9.17, 15) is 9.59 Å². The highest BCUT2D eigenvalue weighted by molar-refractivity contribution is 5.94. The van der Waals surface area contributed by atoms with E-state index in [0.717, 1.165) is 6.54 Å². The number of rotatable bonds is 5. The van der Waals surface area contributed by atoms with Gasteiger partial charge in [0.1, 0.15) is 5.69 Å². The van der Waals surface area contributed by atoms with E-state index in [0.29, 0.717) is 11.6 Å². The number of carboxylic acid groups (broad SMARTS) is 1. The fraction of sp³-hybridized carbons (Fsp3) is 0.500. The third-order valence-corrected chi connectivity index (χ3v) is 3.27. The Morgan fingerprint density at radius 1 is 1.42 bits per heavy atom. The topological polar surface area (TPSA) is 70.5 Å². The highest BCUT2D eigenvalue weighted by Crippen LogP contribution is 2.30. The van der Waals surface area contributed by atoms with E-state index in [1.165, 1.54) is 31.2 Å². The minimum Gasteiger partial charge on any atom is -0.478 e. The lowest BCUT2D eigenvalue weighted by Crippen LogP contribution is -2.38. The molecule has 1 aliphatic rings. The van der Waals surface area contributed by atoms with Gasteiger partial charge in [0.25, 0.3) is 5.91 Å². The molecule has 0 aromatic carbocycles. The number of pyridine rings is 1. The van der Waals surface area contributed by atoms with Gasteiger partial charge in [0.05, 0.1) is 5.56 Å². The fourth-order valence-corrected chi connectivity index (χ4v) is 1.90. The second-order valence-corrected chi connectivity index (χ2v) is 5.23. The first-order chi connectivity index (χ1) is 8.99. The summed E-state index contributed by atoms with van der Waals surface area (Å²) in [5.74, 6) is -0.548. The predicted molar refractivity (Wildman–Crippen MR) is 70.1 cm³/mol. The largest absolute Gasteiger partial charge is 0.478 e. The highest BCUT2D eigenvalue weighted by atomic mass is 16.4. The minimum absolute atomic E-state index is 0.0924. The molecule has 0 saturated heterocycles. The summed E-state index contributed by atoms with van der Waals surface area (Å²) in [4.78, 5) is 28.9. The number of hydrogen-bond acceptors (Lipinski definition) is 3. The van der Waals surface area contributed by atoms with Crippen LogP contribution in [0, 0.1) is 5.92 Å². The van der Waals surface area contributed by atoms with E-state index >= 15 is 0 Å². The molecule has 1 amide bonds. The van der Waals surface area contributed by atoms with Gasteiger partial charge in [-0.3, -0.25) is 9.78 Å². The van der Waals surface area contributed by atoms with E-state index in [4.69, 9.17) is 5.11 Å². The van der Waals surface area contributed by atoms with Crippen molar-refractivity contribution in [3.05, 3.63) is 29.6 Å². The number of amides is 1. The predicted octanol–water partition coefficient (Wildman–Crippen LogP) is 2.04. The van der Waals surface area contributed by atoms with E-state index in [-0.39, 0.29) is 17.5 Å². The number of aromatic nitrogens is 1. The molecule has 1 aliphatic carbocycles. The number of carbonyl (C=O) groups excluding carboxylic acids is 1. The van der Waals surface area contributed by atoms with Gasteiger partial charge in [-0.05, 0) is 44.7 Å². The molecule has 1 heterocycles. The number of carbonyl (C=O) groups is 2. The van der Waals surface area contributed by atoms with Gasteiger partial charge in [-0.1, -0.05) is 0 Å². The van der Waals surface area contributed by atoms with E-state index in [1.807, 2.05) is 13.8 Å². The molecule has 1 fully saturated rings. The van der Waals surface area contributed by atoms with Gasteiger partial charge in [-0.2, -0.15) is 0 Å². The SMILES string of the molecule is CC(C)N(CC1CC1)C(=O)c1ccc(C(=O)O)cn1.